The number of carboxylic acid groups (broad SMARTS) is 1. The molecule has 1 saturated carbocycles. The Morgan fingerprint density at radius 3 is 2.46 bits per heavy atom. The van der Waals surface area contributed by atoms with Crippen LogP contribution in [0.25, 0.3) is 0 Å². The fourth-order valence-electron chi connectivity index (χ4n) is 4.37. The number of hydrogen-bond donors (Lipinski definition) is 1. The molecule has 1 aliphatic carbocycles. The lowest BCUT2D eigenvalue weighted by Crippen LogP contribution is -2.28. The van der Waals surface area contributed by atoms with Crippen LogP contribution >= 0.6 is 0 Å². The highest BCUT2D eigenvalue weighted by Gasteiger charge is 2.43. The Bertz CT molecular complexity index is 808. The number of fused-ring (bicyclic) bond motifs is 1. The summed E-state index contributed by atoms with van der Waals surface area (Å²) < 4.78 is 24.4. The number of likely N-dealkylation sites (tertiary alicyclic amines) is 1. The molecule has 1 aliphatic heterocycles. The van der Waals surface area contributed by atoms with E-state index in [1.54, 1.807) is 12.1 Å². The van der Waals surface area contributed by atoms with Gasteiger partial charge in [0, 0.05) is 25.6 Å². The molecule has 1 saturated heterocycles. The van der Waals surface area contributed by atoms with Crippen molar-refractivity contribution >= 4 is 5.97 Å². The fourth-order valence-corrected chi connectivity index (χ4v) is 4.37. The van der Waals surface area contributed by atoms with Crippen LogP contribution in [0.4, 0.5) is 4.39 Å². The first-order valence-corrected chi connectivity index (χ1v) is 9.65. The zero-order valence-corrected chi connectivity index (χ0v) is 15.6. The highest BCUT2D eigenvalue weighted by atomic mass is 19.1. The van der Waals surface area contributed by atoms with E-state index in [0.717, 1.165) is 38.2 Å². The summed E-state index contributed by atoms with van der Waals surface area (Å²) in [7, 11) is 0. The topological polar surface area (TPSA) is 59.0 Å². The van der Waals surface area contributed by atoms with Crippen LogP contribution in [0.3, 0.4) is 0 Å². The number of benzene rings is 2. The van der Waals surface area contributed by atoms with Crippen LogP contribution in [-0.2, 0) is 11.3 Å². The molecule has 1 N–H and O–H groups in total. The van der Waals surface area contributed by atoms with Gasteiger partial charge in [-0.05, 0) is 60.7 Å². The third-order valence-corrected chi connectivity index (χ3v) is 5.66. The highest BCUT2D eigenvalue weighted by molar-refractivity contribution is 5.68. The van der Waals surface area contributed by atoms with Gasteiger partial charge in [-0.25, -0.2) is 9.18 Å². The van der Waals surface area contributed by atoms with Crippen LogP contribution < -0.4 is 9.47 Å². The van der Waals surface area contributed by atoms with Crippen LogP contribution in [0.5, 0.6) is 11.5 Å². The molecule has 5 nitrogen and oxygen atoms in total. The first-order chi connectivity index (χ1) is 13.6. The van der Waals surface area contributed by atoms with Gasteiger partial charge in [-0.15, -0.1) is 0 Å². The maximum Gasteiger partial charge on any atom is 0.341 e. The number of halogens is 1. The molecule has 28 heavy (non-hydrogen) atoms. The van der Waals surface area contributed by atoms with E-state index < -0.39 is 5.97 Å². The van der Waals surface area contributed by atoms with Gasteiger partial charge in [0.2, 0.25) is 0 Å². The number of ether oxygens (including phenoxy) is 2. The molecule has 6 heteroatoms. The normalized spacial score (nSPS) is 24.1. The van der Waals surface area contributed by atoms with Crippen molar-refractivity contribution in [2.75, 3.05) is 19.7 Å². The molecule has 4 rings (SSSR count). The summed E-state index contributed by atoms with van der Waals surface area (Å²) in [6.45, 7) is 2.58. The van der Waals surface area contributed by atoms with Gasteiger partial charge in [0.25, 0.3) is 0 Å². The van der Waals surface area contributed by atoms with E-state index in [4.69, 9.17) is 14.6 Å². The molecule has 0 spiro atoms. The third kappa shape index (κ3) is 4.44. The Morgan fingerprint density at radius 2 is 1.75 bits per heavy atom. The van der Waals surface area contributed by atoms with Crippen LogP contribution in [0.15, 0.2) is 48.5 Å². The average molecular weight is 385 g/mol. The molecule has 148 valence electrons. The summed E-state index contributed by atoms with van der Waals surface area (Å²) in [6.07, 6.45) is 2.40. The van der Waals surface area contributed by atoms with Crippen molar-refractivity contribution in [1.29, 1.82) is 0 Å². The fraction of sp³-hybridized carbons (Fsp3) is 0.409. The minimum atomic E-state index is -0.981. The van der Waals surface area contributed by atoms with E-state index in [-0.39, 0.29) is 18.5 Å². The first-order valence-electron chi connectivity index (χ1n) is 9.65. The van der Waals surface area contributed by atoms with Gasteiger partial charge < -0.3 is 14.6 Å². The minimum Gasteiger partial charge on any atom is -0.490 e. The molecule has 2 fully saturated rings. The van der Waals surface area contributed by atoms with Crippen molar-refractivity contribution in [3.63, 3.8) is 0 Å². The lowest BCUT2D eigenvalue weighted by Gasteiger charge is -2.22. The third-order valence-electron chi connectivity index (χ3n) is 5.66. The molecule has 0 aromatic heterocycles. The SMILES string of the molecule is O=C(O)COc1ccc(CN2C[C@@H]3CC[C@H](Oc4ccc(F)cc4)[C@@H]3C2)cc1. The Kier molecular flexibility index (Phi) is 5.48. The van der Waals surface area contributed by atoms with Crippen LogP contribution in [0, 0.1) is 17.7 Å². The Morgan fingerprint density at radius 1 is 1.04 bits per heavy atom. The second-order valence-corrected chi connectivity index (χ2v) is 7.63. The zero-order valence-electron chi connectivity index (χ0n) is 15.6. The van der Waals surface area contributed by atoms with Gasteiger partial charge in [-0.1, -0.05) is 12.1 Å². The van der Waals surface area contributed by atoms with Gasteiger partial charge in [-0.2, -0.15) is 0 Å². The summed E-state index contributed by atoms with van der Waals surface area (Å²) in [5.41, 5.74) is 1.18. The van der Waals surface area contributed by atoms with E-state index in [9.17, 15) is 9.18 Å². The Balaban J connectivity index is 1.31. The molecular weight excluding hydrogens is 361 g/mol. The molecule has 2 aliphatic rings. The predicted molar refractivity (Wildman–Crippen MR) is 102 cm³/mol. The maximum atomic E-state index is 13.1. The van der Waals surface area contributed by atoms with Gasteiger partial charge >= 0.3 is 5.97 Å². The number of aliphatic carboxylic acids is 1. The minimum absolute atomic E-state index is 0.187. The Labute approximate surface area is 163 Å². The van der Waals surface area contributed by atoms with Crippen molar-refractivity contribution in [3.8, 4) is 11.5 Å². The summed E-state index contributed by atoms with van der Waals surface area (Å²) in [6, 6.07) is 13.9. The van der Waals surface area contributed by atoms with Crippen molar-refractivity contribution in [2.45, 2.75) is 25.5 Å². The molecule has 1 heterocycles. The average Bonchev–Trinajstić information content (AvgIpc) is 3.24. The van der Waals surface area contributed by atoms with Crippen molar-refractivity contribution < 1.29 is 23.8 Å². The first kappa shape index (κ1) is 18.7. The number of hydrogen-bond acceptors (Lipinski definition) is 4. The van der Waals surface area contributed by atoms with E-state index in [0.29, 0.717) is 17.6 Å². The number of carboxylic acids is 1. The van der Waals surface area contributed by atoms with E-state index in [2.05, 4.69) is 4.90 Å². The smallest absolute Gasteiger partial charge is 0.341 e. The molecule has 0 amide bonds. The summed E-state index contributed by atoms with van der Waals surface area (Å²) in [5, 5.41) is 8.67. The zero-order chi connectivity index (χ0) is 19.5. The molecule has 2 aromatic carbocycles. The quantitative estimate of drug-likeness (QED) is 0.790. The van der Waals surface area contributed by atoms with Gasteiger partial charge in [0.15, 0.2) is 6.61 Å². The van der Waals surface area contributed by atoms with Crippen molar-refractivity contribution in [3.05, 3.63) is 59.9 Å². The number of nitrogens with zero attached hydrogens (tertiary/aromatic N) is 1. The molecular formula is C22H24FNO4. The molecule has 0 bridgehead atoms. The predicted octanol–water partition coefficient (Wildman–Crippen LogP) is 3.58. The van der Waals surface area contributed by atoms with Gasteiger partial charge in [0.1, 0.15) is 23.4 Å². The van der Waals surface area contributed by atoms with Gasteiger partial charge in [0.05, 0.1) is 0 Å². The summed E-state index contributed by atoms with van der Waals surface area (Å²) in [5.74, 6) is 1.22. The Hall–Kier alpha value is -2.60. The maximum absolute atomic E-state index is 13.1. The monoisotopic (exact) mass is 385 g/mol. The standard InChI is InChI=1S/C22H24FNO4/c23-17-4-8-19(9-5-17)28-21-10-3-16-12-24(13-20(16)21)11-15-1-6-18(7-2-15)27-14-22(25)26/h1-2,4-9,16,20-21H,3,10-14H2,(H,25,26)/t16-,20+,21-/m0/s1. The van der Waals surface area contributed by atoms with Gasteiger partial charge in [-0.3, -0.25) is 4.90 Å². The largest absolute Gasteiger partial charge is 0.490 e. The van der Waals surface area contributed by atoms with Crippen LogP contribution in [0.1, 0.15) is 18.4 Å². The molecule has 3 atom stereocenters. The van der Waals surface area contributed by atoms with E-state index in [1.165, 1.54) is 17.7 Å². The van der Waals surface area contributed by atoms with E-state index >= 15 is 0 Å². The number of rotatable bonds is 7. The molecule has 0 radical (unpaired) electrons. The van der Waals surface area contributed by atoms with Crippen molar-refractivity contribution in [2.24, 2.45) is 11.8 Å². The lowest BCUT2D eigenvalue weighted by atomic mass is 9.99. The molecule has 2 aromatic rings. The second kappa shape index (κ2) is 8.19. The highest BCUT2D eigenvalue weighted by Crippen LogP contribution is 2.40. The van der Waals surface area contributed by atoms with E-state index in [1.807, 2.05) is 24.3 Å². The second-order valence-electron chi connectivity index (χ2n) is 7.63. The summed E-state index contributed by atoms with van der Waals surface area (Å²) >= 11 is 0. The van der Waals surface area contributed by atoms with Crippen LogP contribution in [0.2, 0.25) is 0 Å². The molecule has 0 unspecified atom stereocenters. The van der Waals surface area contributed by atoms with Crippen molar-refractivity contribution in [1.82, 2.24) is 4.90 Å². The lowest BCUT2D eigenvalue weighted by molar-refractivity contribution is -0.139. The summed E-state index contributed by atoms with van der Waals surface area (Å²) in [4.78, 5) is 13.0. The number of carbonyl (C=O) groups is 1. The van der Waals surface area contributed by atoms with Crippen LogP contribution in [-0.4, -0.2) is 41.8 Å².